The molecular formula is C25H34N2O2. The van der Waals surface area contributed by atoms with E-state index < -0.39 is 0 Å². The fourth-order valence-electron chi connectivity index (χ4n) is 3.75. The molecule has 0 aliphatic carbocycles. The zero-order chi connectivity index (χ0) is 20.7. The van der Waals surface area contributed by atoms with E-state index in [1.165, 1.54) is 37.9 Å². The van der Waals surface area contributed by atoms with E-state index in [1.54, 1.807) is 0 Å². The monoisotopic (exact) mass is 394 g/mol. The molecule has 2 aromatic rings. The summed E-state index contributed by atoms with van der Waals surface area (Å²) >= 11 is 0. The summed E-state index contributed by atoms with van der Waals surface area (Å²) in [6, 6.07) is 16.5. The number of piperidine rings is 1. The molecule has 0 atom stereocenters. The van der Waals surface area contributed by atoms with Gasteiger partial charge in [0.05, 0.1) is 0 Å². The van der Waals surface area contributed by atoms with Crippen molar-refractivity contribution in [1.29, 1.82) is 0 Å². The number of carbonyl (C=O) groups is 1. The number of benzene rings is 2. The number of rotatable bonds is 7. The number of para-hydroxylation sites is 1. The van der Waals surface area contributed by atoms with E-state index in [2.05, 4.69) is 61.3 Å². The van der Waals surface area contributed by atoms with Crippen molar-refractivity contribution < 1.29 is 9.53 Å². The van der Waals surface area contributed by atoms with E-state index in [1.807, 2.05) is 18.2 Å². The Labute approximate surface area is 175 Å². The van der Waals surface area contributed by atoms with Crippen molar-refractivity contribution in [2.45, 2.75) is 58.5 Å². The first-order chi connectivity index (χ1) is 13.9. The third-order valence-corrected chi connectivity index (χ3v) is 5.42. The minimum Gasteiger partial charge on any atom is -0.483 e. The minimum atomic E-state index is -0.105. The van der Waals surface area contributed by atoms with Crippen LogP contribution in [0, 0.1) is 0 Å². The second-order valence-corrected chi connectivity index (χ2v) is 8.96. The molecular weight excluding hydrogens is 360 g/mol. The van der Waals surface area contributed by atoms with Gasteiger partial charge >= 0.3 is 0 Å². The van der Waals surface area contributed by atoms with Crippen LogP contribution in [0.3, 0.4) is 0 Å². The summed E-state index contributed by atoms with van der Waals surface area (Å²) in [6.45, 7) is 10.4. The van der Waals surface area contributed by atoms with Crippen LogP contribution in [0.2, 0.25) is 0 Å². The standard InChI is InChI=1S/C25H34N2O2/c1-25(2,3)22-9-5-6-10-23(22)29-19-24(28)26-17-20-11-13-21(14-12-20)18-27-15-7-4-8-16-27/h5-6,9-14H,4,7-8,15-19H2,1-3H3,(H,26,28). The number of carbonyl (C=O) groups excluding carboxylic acids is 1. The Morgan fingerprint density at radius 3 is 2.31 bits per heavy atom. The molecule has 0 radical (unpaired) electrons. The normalized spacial score (nSPS) is 15.1. The fourth-order valence-corrected chi connectivity index (χ4v) is 3.75. The SMILES string of the molecule is CC(C)(C)c1ccccc1OCC(=O)NCc1ccc(CN2CCCCC2)cc1. The number of amides is 1. The smallest absolute Gasteiger partial charge is 0.258 e. The van der Waals surface area contributed by atoms with Crippen LogP contribution in [0.1, 0.15) is 56.7 Å². The van der Waals surface area contributed by atoms with Crippen molar-refractivity contribution in [3.63, 3.8) is 0 Å². The Balaban J connectivity index is 1.45. The highest BCUT2D eigenvalue weighted by Crippen LogP contribution is 2.30. The summed E-state index contributed by atoms with van der Waals surface area (Å²) in [7, 11) is 0. The number of nitrogens with zero attached hydrogens (tertiary/aromatic N) is 1. The molecule has 1 N–H and O–H groups in total. The highest BCUT2D eigenvalue weighted by atomic mass is 16.5. The van der Waals surface area contributed by atoms with E-state index in [9.17, 15) is 4.79 Å². The van der Waals surface area contributed by atoms with Gasteiger partial charge in [-0.2, -0.15) is 0 Å². The predicted molar refractivity (Wildman–Crippen MR) is 118 cm³/mol. The molecule has 1 saturated heterocycles. The zero-order valence-corrected chi connectivity index (χ0v) is 18.0. The molecule has 29 heavy (non-hydrogen) atoms. The molecule has 0 unspecified atom stereocenters. The van der Waals surface area contributed by atoms with Gasteiger partial charge in [-0.05, 0) is 54.1 Å². The molecule has 4 nitrogen and oxygen atoms in total. The molecule has 156 valence electrons. The van der Waals surface area contributed by atoms with Crippen molar-refractivity contribution in [3.05, 3.63) is 65.2 Å². The van der Waals surface area contributed by atoms with Crippen LogP contribution in [0.4, 0.5) is 0 Å². The third-order valence-electron chi connectivity index (χ3n) is 5.42. The van der Waals surface area contributed by atoms with Crippen LogP contribution in [-0.4, -0.2) is 30.5 Å². The van der Waals surface area contributed by atoms with Gasteiger partial charge in [0.2, 0.25) is 0 Å². The molecule has 1 fully saturated rings. The largest absolute Gasteiger partial charge is 0.483 e. The number of likely N-dealkylation sites (tertiary alicyclic amines) is 1. The van der Waals surface area contributed by atoms with E-state index in [-0.39, 0.29) is 17.9 Å². The third kappa shape index (κ3) is 6.60. The van der Waals surface area contributed by atoms with Crippen molar-refractivity contribution in [3.8, 4) is 5.75 Å². The van der Waals surface area contributed by atoms with E-state index in [0.29, 0.717) is 6.54 Å². The molecule has 1 heterocycles. The van der Waals surface area contributed by atoms with Crippen LogP contribution >= 0.6 is 0 Å². The Morgan fingerprint density at radius 2 is 1.62 bits per heavy atom. The Bertz CT molecular complexity index is 787. The summed E-state index contributed by atoms with van der Waals surface area (Å²) in [5, 5.41) is 2.95. The fraction of sp³-hybridized carbons (Fsp3) is 0.480. The first-order valence-corrected chi connectivity index (χ1v) is 10.7. The molecule has 0 aromatic heterocycles. The van der Waals surface area contributed by atoms with Gasteiger partial charge < -0.3 is 10.1 Å². The first-order valence-electron chi connectivity index (χ1n) is 10.7. The lowest BCUT2D eigenvalue weighted by Gasteiger charge is -2.26. The molecule has 1 aliphatic rings. The lowest BCUT2D eigenvalue weighted by atomic mass is 9.86. The maximum absolute atomic E-state index is 12.2. The maximum atomic E-state index is 12.2. The van der Waals surface area contributed by atoms with Gasteiger partial charge in [-0.3, -0.25) is 9.69 Å². The average molecular weight is 395 g/mol. The highest BCUT2D eigenvalue weighted by molar-refractivity contribution is 5.77. The average Bonchev–Trinajstić information content (AvgIpc) is 2.72. The Hall–Kier alpha value is -2.33. The number of ether oxygens (including phenoxy) is 1. The topological polar surface area (TPSA) is 41.6 Å². The van der Waals surface area contributed by atoms with Crippen molar-refractivity contribution in [1.82, 2.24) is 10.2 Å². The molecule has 1 aliphatic heterocycles. The van der Waals surface area contributed by atoms with Crippen LogP contribution in [-0.2, 0) is 23.3 Å². The second-order valence-electron chi connectivity index (χ2n) is 8.96. The summed E-state index contributed by atoms with van der Waals surface area (Å²) in [5.74, 6) is 0.670. The van der Waals surface area contributed by atoms with Gasteiger partial charge in [0.25, 0.3) is 5.91 Å². The first kappa shape index (κ1) is 21.4. The molecule has 4 heteroatoms. The van der Waals surface area contributed by atoms with Crippen LogP contribution in [0.5, 0.6) is 5.75 Å². The molecule has 0 bridgehead atoms. The van der Waals surface area contributed by atoms with Crippen molar-refractivity contribution in [2.75, 3.05) is 19.7 Å². The Kier molecular flexibility index (Phi) is 7.32. The summed E-state index contributed by atoms with van der Waals surface area (Å²) in [5.41, 5.74) is 3.53. The van der Waals surface area contributed by atoms with Gasteiger partial charge in [-0.1, -0.05) is 69.7 Å². The van der Waals surface area contributed by atoms with Crippen LogP contribution < -0.4 is 10.1 Å². The molecule has 0 saturated carbocycles. The predicted octanol–water partition coefficient (Wildman–Crippen LogP) is 4.67. The summed E-state index contributed by atoms with van der Waals surface area (Å²) in [4.78, 5) is 14.8. The van der Waals surface area contributed by atoms with Crippen molar-refractivity contribution in [2.24, 2.45) is 0 Å². The highest BCUT2D eigenvalue weighted by Gasteiger charge is 2.18. The lowest BCUT2D eigenvalue weighted by molar-refractivity contribution is -0.123. The molecule has 1 amide bonds. The van der Waals surface area contributed by atoms with Crippen molar-refractivity contribution >= 4 is 5.91 Å². The molecule has 2 aromatic carbocycles. The van der Waals surface area contributed by atoms with Crippen LogP contribution in [0.15, 0.2) is 48.5 Å². The quantitative estimate of drug-likeness (QED) is 0.742. The van der Waals surface area contributed by atoms with E-state index in [4.69, 9.17) is 4.74 Å². The maximum Gasteiger partial charge on any atom is 0.258 e. The number of hydrogen-bond acceptors (Lipinski definition) is 3. The molecule has 3 rings (SSSR count). The summed E-state index contributed by atoms with van der Waals surface area (Å²) < 4.78 is 5.80. The van der Waals surface area contributed by atoms with E-state index >= 15 is 0 Å². The molecule has 0 spiro atoms. The Morgan fingerprint density at radius 1 is 0.966 bits per heavy atom. The second kappa shape index (κ2) is 9.93. The lowest BCUT2D eigenvalue weighted by Crippen LogP contribution is -2.29. The van der Waals surface area contributed by atoms with E-state index in [0.717, 1.165) is 23.4 Å². The van der Waals surface area contributed by atoms with Gasteiger partial charge in [0, 0.05) is 13.1 Å². The number of hydrogen-bond donors (Lipinski definition) is 1. The van der Waals surface area contributed by atoms with Crippen LogP contribution in [0.25, 0.3) is 0 Å². The zero-order valence-electron chi connectivity index (χ0n) is 18.0. The van der Waals surface area contributed by atoms with Gasteiger partial charge in [-0.25, -0.2) is 0 Å². The van der Waals surface area contributed by atoms with Gasteiger partial charge in [0.15, 0.2) is 6.61 Å². The minimum absolute atomic E-state index is 0.0248. The summed E-state index contributed by atoms with van der Waals surface area (Å²) in [6.07, 6.45) is 3.99. The van der Waals surface area contributed by atoms with Gasteiger partial charge in [0.1, 0.15) is 5.75 Å². The van der Waals surface area contributed by atoms with Gasteiger partial charge in [-0.15, -0.1) is 0 Å². The number of nitrogens with one attached hydrogen (secondary N) is 1.